The summed E-state index contributed by atoms with van der Waals surface area (Å²) in [5.74, 6) is 0.955. The Morgan fingerprint density at radius 3 is 2.61 bits per heavy atom. The van der Waals surface area contributed by atoms with Crippen LogP contribution >= 0.6 is 11.3 Å². The summed E-state index contributed by atoms with van der Waals surface area (Å²) >= 11 is 1.82. The van der Waals surface area contributed by atoms with Crippen LogP contribution in [-0.4, -0.2) is 29.7 Å². The molecule has 0 unspecified atom stereocenters. The molecular weight excluding hydrogens is 404 g/mol. The van der Waals surface area contributed by atoms with Crippen molar-refractivity contribution in [2.24, 2.45) is 7.05 Å². The maximum absolute atomic E-state index is 4.62. The van der Waals surface area contributed by atoms with Gasteiger partial charge in [-0.05, 0) is 44.2 Å². The fourth-order valence-electron chi connectivity index (χ4n) is 4.08. The van der Waals surface area contributed by atoms with E-state index >= 15 is 0 Å². The van der Waals surface area contributed by atoms with Crippen LogP contribution in [0.3, 0.4) is 0 Å². The maximum Gasteiger partial charge on any atom is 0.116 e. The number of hydrogen-bond donors (Lipinski definition) is 2. The van der Waals surface area contributed by atoms with Gasteiger partial charge in [-0.1, -0.05) is 12.1 Å². The zero-order valence-electron chi connectivity index (χ0n) is 17.4. The molecule has 6 nitrogen and oxygen atoms in total. The van der Waals surface area contributed by atoms with Gasteiger partial charge in [0, 0.05) is 38.7 Å². The van der Waals surface area contributed by atoms with Crippen LogP contribution in [0, 0.1) is 13.8 Å². The van der Waals surface area contributed by atoms with Crippen LogP contribution in [-0.2, 0) is 7.05 Å². The van der Waals surface area contributed by atoms with Gasteiger partial charge in [0.05, 0.1) is 35.0 Å². The molecule has 2 N–H and O–H groups in total. The highest BCUT2D eigenvalue weighted by Crippen LogP contribution is 2.37. The molecule has 0 spiro atoms. The third-order valence-corrected chi connectivity index (χ3v) is 6.89. The number of hydrogen-bond acceptors (Lipinski definition) is 4. The molecule has 0 saturated heterocycles. The molecule has 0 atom stereocenters. The molecule has 1 aromatic carbocycles. The molecular formula is C24H20N6S. The Bertz CT molecular complexity index is 1580. The standard InChI is InChI=1S/C24H20N6S/c1-13-7-8-23(31-13)15-5-4-6-18-16(15)9-20(27-18)24-17-10-19(26-11-21(17)28-29-24)22-12-25-14(2)30(22)3/h4-12,27H,1-3H3,(H,28,29). The third-order valence-electron chi connectivity index (χ3n) is 5.86. The Kier molecular flexibility index (Phi) is 3.88. The Labute approximate surface area is 182 Å². The average molecular weight is 425 g/mol. The molecule has 0 radical (unpaired) electrons. The summed E-state index contributed by atoms with van der Waals surface area (Å²) in [7, 11) is 2.01. The van der Waals surface area contributed by atoms with Gasteiger partial charge in [-0.25, -0.2) is 4.98 Å². The van der Waals surface area contributed by atoms with Crippen LogP contribution in [0.1, 0.15) is 10.7 Å². The molecule has 0 aliphatic carbocycles. The zero-order valence-corrected chi connectivity index (χ0v) is 18.2. The number of pyridine rings is 1. The lowest BCUT2D eigenvalue weighted by Crippen LogP contribution is -1.95. The topological polar surface area (TPSA) is 75.2 Å². The van der Waals surface area contributed by atoms with E-state index in [1.54, 1.807) is 0 Å². The van der Waals surface area contributed by atoms with Crippen molar-refractivity contribution >= 4 is 33.1 Å². The summed E-state index contributed by atoms with van der Waals surface area (Å²) in [4.78, 5) is 15.2. The van der Waals surface area contributed by atoms with Gasteiger partial charge in [0.1, 0.15) is 11.5 Å². The van der Waals surface area contributed by atoms with Crippen LogP contribution in [0.2, 0.25) is 0 Å². The Morgan fingerprint density at radius 2 is 1.84 bits per heavy atom. The largest absolute Gasteiger partial charge is 0.353 e. The first kappa shape index (κ1) is 18.1. The lowest BCUT2D eigenvalue weighted by molar-refractivity contribution is 0.862. The van der Waals surface area contributed by atoms with E-state index in [1.165, 1.54) is 20.7 Å². The fraction of sp³-hybridized carbons (Fsp3) is 0.125. The van der Waals surface area contributed by atoms with E-state index in [9.17, 15) is 0 Å². The minimum atomic E-state index is 0.879. The summed E-state index contributed by atoms with van der Waals surface area (Å²) in [6.45, 7) is 4.13. The molecule has 7 heteroatoms. The number of aromatic amines is 2. The monoisotopic (exact) mass is 424 g/mol. The summed E-state index contributed by atoms with van der Waals surface area (Å²) in [5, 5.41) is 9.97. The lowest BCUT2D eigenvalue weighted by atomic mass is 10.1. The van der Waals surface area contributed by atoms with Crippen LogP contribution in [0.5, 0.6) is 0 Å². The molecule has 0 aliphatic heterocycles. The molecule has 0 aliphatic rings. The van der Waals surface area contributed by atoms with Crippen molar-refractivity contribution in [2.75, 3.05) is 0 Å². The number of rotatable bonds is 3. The van der Waals surface area contributed by atoms with E-state index in [0.717, 1.165) is 45.0 Å². The van der Waals surface area contributed by atoms with E-state index in [-0.39, 0.29) is 0 Å². The highest BCUT2D eigenvalue weighted by molar-refractivity contribution is 7.15. The smallest absolute Gasteiger partial charge is 0.116 e. The van der Waals surface area contributed by atoms with Gasteiger partial charge in [-0.2, -0.15) is 5.10 Å². The SMILES string of the molecule is Cc1ccc(-c2cccc3[nH]c(-c4n[nH]c5cnc(-c6cnc(C)n6C)cc45)cc23)s1. The predicted octanol–water partition coefficient (Wildman–Crippen LogP) is 5.85. The number of nitrogens with zero attached hydrogens (tertiary/aromatic N) is 4. The molecule has 6 aromatic rings. The van der Waals surface area contributed by atoms with Gasteiger partial charge in [0.25, 0.3) is 0 Å². The second-order valence-electron chi connectivity index (χ2n) is 7.80. The van der Waals surface area contributed by atoms with Crippen molar-refractivity contribution < 1.29 is 0 Å². The van der Waals surface area contributed by atoms with E-state index < -0.39 is 0 Å². The van der Waals surface area contributed by atoms with Gasteiger partial charge in [-0.15, -0.1) is 11.3 Å². The first-order valence-corrected chi connectivity index (χ1v) is 10.9. The van der Waals surface area contributed by atoms with Crippen molar-refractivity contribution in [2.45, 2.75) is 13.8 Å². The van der Waals surface area contributed by atoms with Gasteiger partial charge in [-0.3, -0.25) is 10.1 Å². The number of fused-ring (bicyclic) bond motifs is 2. The molecule has 152 valence electrons. The molecule has 6 rings (SSSR count). The maximum atomic E-state index is 4.62. The molecule has 0 saturated carbocycles. The number of thiophene rings is 1. The minimum Gasteiger partial charge on any atom is -0.353 e. The first-order valence-electron chi connectivity index (χ1n) is 10.1. The van der Waals surface area contributed by atoms with Crippen molar-refractivity contribution in [1.29, 1.82) is 0 Å². The fourth-order valence-corrected chi connectivity index (χ4v) is 4.99. The number of aromatic nitrogens is 6. The molecule has 5 heterocycles. The van der Waals surface area contributed by atoms with Crippen LogP contribution in [0.15, 0.2) is 54.9 Å². The van der Waals surface area contributed by atoms with Crippen LogP contribution < -0.4 is 0 Å². The minimum absolute atomic E-state index is 0.879. The third kappa shape index (κ3) is 2.81. The summed E-state index contributed by atoms with van der Waals surface area (Å²) < 4.78 is 2.05. The summed E-state index contributed by atoms with van der Waals surface area (Å²) in [5.41, 5.74) is 6.99. The van der Waals surface area contributed by atoms with E-state index in [0.29, 0.717) is 0 Å². The number of nitrogens with one attached hydrogen (secondary N) is 2. The normalized spacial score (nSPS) is 11.7. The number of benzene rings is 1. The van der Waals surface area contributed by atoms with Gasteiger partial charge < -0.3 is 9.55 Å². The highest BCUT2D eigenvalue weighted by atomic mass is 32.1. The Balaban J connectivity index is 1.52. The molecule has 0 amide bonds. The predicted molar refractivity (Wildman–Crippen MR) is 126 cm³/mol. The Hall–Kier alpha value is -3.71. The number of H-pyrrole nitrogens is 2. The summed E-state index contributed by atoms with van der Waals surface area (Å²) in [6, 6.07) is 15.0. The molecule has 0 bridgehead atoms. The number of imidazole rings is 1. The van der Waals surface area contributed by atoms with Gasteiger partial charge in [0.2, 0.25) is 0 Å². The highest BCUT2D eigenvalue weighted by Gasteiger charge is 2.16. The molecule has 31 heavy (non-hydrogen) atoms. The van der Waals surface area contributed by atoms with Crippen molar-refractivity contribution in [3.05, 3.63) is 65.6 Å². The first-order chi connectivity index (χ1) is 15.1. The lowest BCUT2D eigenvalue weighted by Gasteiger charge is -2.03. The molecule has 0 fully saturated rings. The summed E-state index contributed by atoms with van der Waals surface area (Å²) in [6.07, 6.45) is 3.70. The molecule has 5 aromatic heterocycles. The second kappa shape index (κ2) is 6.65. The van der Waals surface area contributed by atoms with E-state index in [2.05, 4.69) is 74.5 Å². The van der Waals surface area contributed by atoms with E-state index in [4.69, 9.17) is 0 Å². The van der Waals surface area contributed by atoms with Crippen LogP contribution in [0.4, 0.5) is 0 Å². The second-order valence-corrected chi connectivity index (χ2v) is 9.09. The zero-order chi connectivity index (χ0) is 21.1. The van der Waals surface area contributed by atoms with Crippen molar-refractivity contribution in [3.63, 3.8) is 0 Å². The van der Waals surface area contributed by atoms with E-state index in [1.807, 2.05) is 42.3 Å². The van der Waals surface area contributed by atoms with Crippen molar-refractivity contribution in [1.82, 2.24) is 29.7 Å². The van der Waals surface area contributed by atoms with Crippen LogP contribution in [0.25, 0.3) is 55.0 Å². The Morgan fingerprint density at radius 1 is 0.935 bits per heavy atom. The quantitative estimate of drug-likeness (QED) is 0.374. The average Bonchev–Trinajstić information content (AvgIpc) is 3.54. The van der Waals surface area contributed by atoms with Gasteiger partial charge >= 0.3 is 0 Å². The number of aryl methyl sites for hydroxylation is 2. The van der Waals surface area contributed by atoms with Gasteiger partial charge in [0.15, 0.2) is 0 Å². The van der Waals surface area contributed by atoms with Crippen molar-refractivity contribution in [3.8, 4) is 33.2 Å².